The number of hydrogen-bond donors (Lipinski definition) is 1. The van der Waals surface area contributed by atoms with Gasteiger partial charge in [0.15, 0.2) is 5.60 Å². The van der Waals surface area contributed by atoms with E-state index in [1.807, 2.05) is 24.3 Å². The number of pyridine rings is 1. The third-order valence-corrected chi connectivity index (χ3v) is 4.00. The highest BCUT2D eigenvalue weighted by atomic mass is 16.6. The molecule has 1 aliphatic rings. The molecule has 1 aromatic heterocycles. The molecule has 1 atom stereocenters. The number of benzene rings is 1. The number of amides is 1. The summed E-state index contributed by atoms with van der Waals surface area (Å²) in [6.07, 6.45) is 2.20. The Morgan fingerprint density at radius 3 is 2.86 bits per heavy atom. The lowest BCUT2D eigenvalue weighted by atomic mass is 10.0. The third-order valence-electron chi connectivity index (χ3n) is 4.00. The molecule has 0 radical (unpaired) electrons. The van der Waals surface area contributed by atoms with E-state index in [1.54, 1.807) is 13.3 Å². The van der Waals surface area contributed by atoms with Gasteiger partial charge >= 0.3 is 0 Å². The molecular formula is C16H18N2O4. The van der Waals surface area contributed by atoms with Crippen molar-refractivity contribution in [1.82, 2.24) is 4.98 Å². The number of rotatable bonds is 4. The summed E-state index contributed by atoms with van der Waals surface area (Å²) in [6.45, 7) is 0.791. The second-order valence-electron chi connectivity index (χ2n) is 5.18. The fraction of sp³-hybridized carbons (Fsp3) is 0.375. The van der Waals surface area contributed by atoms with Crippen LogP contribution in [-0.4, -0.2) is 43.9 Å². The van der Waals surface area contributed by atoms with Crippen molar-refractivity contribution in [2.45, 2.75) is 12.0 Å². The number of carbonyl (C=O) groups excluding carboxylic acids is 1. The lowest BCUT2D eigenvalue weighted by Crippen LogP contribution is -2.45. The van der Waals surface area contributed by atoms with Crippen molar-refractivity contribution in [2.24, 2.45) is 0 Å². The Morgan fingerprint density at radius 1 is 1.32 bits per heavy atom. The molecule has 2 heterocycles. The van der Waals surface area contributed by atoms with Crippen LogP contribution in [0, 0.1) is 0 Å². The minimum Gasteiger partial charge on any atom is -0.481 e. The normalized spacial score (nSPS) is 21.0. The first-order chi connectivity index (χ1) is 10.7. The van der Waals surface area contributed by atoms with E-state index in [-0.39, 0.29) is 12.5 Å². The number of nitrogens with zero attached hydrogens (tertiary/aromatic N) is 1. The third kappa shape index (κ3) is 2.40. The van der Waals surface area contributed by atoms with Gasteiger partial charge in [-0.2, -0.15) is 0 Å². The van der Waals surface area contributed by atoms with Crippen molar-refractivity contribution in [3.63, 3.8) is 0 Å². The number of carbonyl (C=O) groups is 1. The first-order valence-corrected chi connectivity index (χ1v) is 7.06. The second-order valence-corrected chi connectivity index (χ2v) is 5.18. The zero-order valence-electron chi connectivity index (χ0n) is 12.6. The van der Waals surface area contributed by atoms with Crippen LogP contribution in [0.25, 0.3) is 10.8 Å². The number of ether oxygens (including phenoxy) is 3. The molecule has 0 spiro atoms. The highest BCUT2D eigenvalue weighted by molar-refractivity contribution is 6.06. The van der Waals surface area contributed by atoms with E-state index in [9.17, 15) is 4.79 Å². The van der Waals surface area contributed by atoms with E-state index in [0.717, 1.165) is 10.8 Å². The zero-order chi connectivity index (χ0) is 15.6. The molecule has 116 valence electrons. The first-order valence-electron chi connectivity index (χ1n) is 7.06. The predicted octanol–water partition coefficient (Wildman–Crippen LogP) is 1.99. The molecular weight excluding hydrogens is 284 g/mol. The summed E-state index contributed by atoms with van der Waals surface area (Å²) in [5, 5.41) is 4.66. The topological polar surface area (TPSA) is 69.7 Å². The molecule has 2 aromatic rings. The van der Waals surface area contributed by atoms with Crippen LogP contribution in [0.5, 0.6) is 5.88 Å². The van der Waals surface area contributed by atoms with Crippen LogP contribution in [0.2, 0.25) is 0 Å². The van der Waals surface area contributed by atoms with Crippen LogP contribution in [-0.2, 0) is 14.3 Å². The molecule has 6 heteroatoms. The maximum Gasteiger partial charge on any atom is 0.259 e. The highest BCUT2D eigenvalue weighted by Crippen LogP contribution is 2.30. The number of anilines is 1. The van der Waals surface area contributed by atoms with E-state index in [1.165, 1.54) is 7.11 Å². The Morgan fingerprint density at radius 2 is 2.18 bits per heavy atom. The number of methoxy groups -OCH3 is 2. The average Bonchev–Trinajstić information content (AvgIpc) is 3.05. The second kappa shape index (κ2) is 5.90. The minimum atomic E-state index is -0.917. The molecule has 1 amide bonds. The average molecular weight is 302 g/mol. The first kappa shape index (κ1) is 14.7. The molecule has 0 aliphatic carbocycles. The maximum atomic E-state index is 12.6. The predicted molar refractivity (Wildman–Crippen MR) is 82.1 cm³/mol. The summed E-state index contributed by atoms with van der Waals surface area (Å²) in [5.74, 6) is 0.329. The molecule has 1 fully saturated rings. The van der Waals surface area contributed by atoms with Crippen molar-refractivity contribution >= 4 is 22.4 Å². The number of aromatic nitrogens is 1. The van der Waals surface area contributed by atoms with Gasteiger partial charge in [0.2, 0.25) is 5.88 Å². The number of nitrogens with one attached hydrogen (secondary N) is 1. The van der Waals surface area contributed by atoms with Gasteiger partial charge < -0.3 is 19.5 Å². The standard InChI is InChI=1S/C16H18N2O4/c1-20-14-12-4-3-5-13(11(12)6-8-17-14)18-15(19)16(21-2)7-9-22-10-16/h3-6,8H,7,9-10H2,1-2H3,(H,18,19). The van der Waals surface area contributed by atoms with Crippen LogP contribution in [0.4, 0.5) is 5.69 Å². The van der Waals surface area contributed by atoms with Crippen molar-refractivity contribution < 1.29 is 19.0 Å². The SMILES string of the molecule is COc1nccc2c(NC(=O)C3(OC)CCOC3)cccc12. The van der Waals surface area contributed by atoms with Gasteiger partial charge in [-0.05, 0) is 18.2 Å². The van der Waals surface area contributed by atoms with Gasteiger partial charge in [-0.25, -0.2) is 4.98 Å². The van der Waals surface area contributed by atoms with Gasteiger partial charge in [0.05, 0.1) is 20.3 Å². The molecule has 1 aliphatic heterocycles. The van der Waals surface area contributed by atoms with Gasteiger partial charge in [0.25, 0.3) is 5.91 Å². The van der Waals surface area contributed by atoms with Crippen molar-refractivity contribution in [2.75, 3.05) is 32.8 Å². The molecule has 1 N–H and O–H groups in total. The largest absolute Gasteiger partial charge is 0.481 e. The van der Waals surface area contributed by atoms with E-state index in [2.05, 4.69) is 10.3 Å². The van der Waals surface area contributed by atoms with Gasteiger partial charge in [-0.1, -0.05) is 6.07 Å². The van der Waals surface area contributed by atoms with Crippen LogP contribution in [0.1, 0.15) is 6.42 Å². The molecule has 6 nitrogen and oxygen atoms in total. The number of fused-ring (bicyclic) bond motifs is 1. The van der Waals surface area contributed by atoms with E-state index >= 15 is 0 Å². The summed E-state index contributed by atoms with van der Waals surface area (Å²) < 4.78 is 16.0. The molecule has 1 unspecified atom stereocenters. The van der Waals surface area contributed by atoms with Crippen LogP contribution < -0.4 is 10.1 Å². The van der Waals surface area contributed by atoms with Crippen molar-refractivity contribution in [3.05, 3.63) is 30.5 Å². The summed E-state index contributed by atoms with van der Waals surface area (Å²) in [7, 11) is 3.10. The summed E-state index contributed by atoms with van der Waals surface area (Å²) >= 11 is 0. The molecule has 22 heavy (non-hydrogen) atoms. The summed E-state index contributed by atoms with van der Waals surface area (Å²) in [5.41, 5.74) is -0.217. The lowest BCUT2D eigenvalue weighted by Gasteiger charge is -2.24. The summed E-state index contributed by atoms with van der Waals surface area (Å²) in [4.78, 5) is 16.8. The number of hydrogen-bond acceptors (Lipinski definition) is 5. The van der Waals surface area contributed by atoms with Crippen molar-refractivity contribution in [1.29, 1.82) is 0 Å². The zero-order valence-corrected chi connectivity index (χ0v) is 12.6. The fourth-order valence-electron chi connectivity index (χ4n) is 2.67. The smallest absolute Gasteiger partial charge is 0.259 e. The van der Waals surface area contributed by atoms with Crippen molar-refractivity contribution in [3.8, 4) is 5.88 Å². The Balaban J connectivity index is 1.96. The van der Waals surface area contributed by atoms with Crippen LogP contribution >= 0.6 is 0 Å². The monoisotopic (exact) mass is 302 g/mol. The Kier molecular flexibility index (Phi) is 3.96. The Bertz CT molecular complexity index is 696. The lowest BCUT2D eigenvalue weighted by molar-refractivity contribution is -0.137. The minimum absolute atomic E-state index is 0.198. The van der Waals surface area contributed by atoms with E-state index < -0.39 is 5.60 Å². The molecule has 1 saturated heterocycles. The molecule has 0 saturated carbocycles. The Labute approximate surface area is 128 Å². The van der Waals surface area contributed by atoms with Gasteiger partial charge in [-0.15, -0.1) is 0 Å². The van der Waals surface area contributed by atoms with Crippen LogP contribution in [0.15, 0.2) is 30.5 Å². The molecule has 3 rings (SSSR count). The fourth-order valence-corrected chi connectivity index (χ4v) is 2.67. The molecule has 0 bridgehead atoms. The Hall–Kier alpha value is -2.18. The quantitative estimate of drug-likeness (QED) is 0.935. The highest BCUT2D eigenvalue weighted by Gasteiger charge is 2.42. The van der Waals surface area contributed by atoms with Gasteiger partial charge in [0, 0.05) is 36.2 Å². The van der Waals surface area contributed by atoms with Gasteiger partial charge in [-0.3, -0.25) is 4.79 Å². The molecule has 1 aromatic carbocycles. The summed E-state index contributed by atoms with van der Waals surface area (Å²) in [6, 6.07) is 7.45. The maximum absolute atomic E-state index is 12.6. The van der Waals surface area contributed by atoms with E-state index in [0.29, 0.717) is 24.6 Å². The van der Waals surface area contributed by atoms with Gasteiger partial charge in [0.1, 0.15) is 0 Å². The van der Waals surface area contributed by atoms with E-state index in [4.69, 9.17) is 14.2 Å². The van der Waals surface area contributed by atoms with Crippen LogP contribution in [0.3, 0.4) is 0 Å².